The van der Waals surface area contributed by atoms with Gasteiger partial charge in [0.15, 0.2) is 6.61 Å². The molecule has 3 aromatic carbocycles. The number of carbonyl (C=O) groups excluding carboxylic acids is 1. The average molecular weight is 520 g/mol. The van der Waals surface area contributed by atoms with Crippen LogP contribution in [0, 0.1) is 13.8 Å². The van der Waals surface area contributed by atoms with E-state index < -0.39 is 0 Å². The molecule has 0 fully saturated rings. The number of aryl methyl sites for hydroxylation is 3. The third-order valence-electron chi connectivity index (χ3n) is 6.23. The van der Waals surface area contributed by atoms with Gasteiger partial charge in [0.2, 0.25) is 0 Å². The number of carbonyl (C=O) groups is 1. The molecule has 0 aliphatic carbocycles. The van der Waals surface area contributed by atoms with Crippen LogP contribution in [-0.4, -0.2) is 35.2 Å². The van der Waals surface area contributed by atoms with Crippen molar-refractivity contribution in [2.75, 3.05) is 19.8 Å². The summed E-state index contributed by atoms with van der Waals surface area (Å²) in [6.45, 7) is 5.93. The highest BCUT2D eigenvalue weighted by Crippen LogP contribution is 2.20. The van der Waals surface area contributed by atoms with Crippen molar-refractivity contribution in [2.24, 2.45) is 0 Å². The molecule has 4 aromatic rings. The minimum Gasteiger partial charge on any atom is -0.492 e. The standard InChI is InChI=1S/C30H34ClN3O3/c1-22-11-12-23(2)28(20-22)37-21-30(35)32-17-7-3-4-10-29-33-26-8-5-6-9-27(26)34(29)18-19-36-25-15-13-24(31)14-16-25/h5-6,8-9,11-16,20H,3-4,7,10,17-19,21H2,1-2H3,(H,32,35). The number of benzene rings is 3. The minimum atomic E-state index is -0.0941. The van der Waals surface area contributed by atoms with Gasteiger partial charge in [0.1, 0.15) is 23.9 Å². The molecule has 1 amide bonds. The number of hydrogen-bond donors (Lipinski definition) is 1. The van der Waals surface area contributed by atoms with E-state index in [2.05, 4.69) is 16.0 Å². The van der Waals surface area contributed by atoms with E-state index in [0.717, 1.165) is 71.7 Å². The second-order valence-electron chi connectivity index (χ2n) is 9.19. The van der Waals surface area contributed by atoms with Crippen LogP contribution in [0.2, 0.25) is 5.02 Å². The number of nitrogens with zero attached hydrogens (tertiary/aromatic N) is 2. The van der Waals surface area contributed by atoms with Gasteiger partial charge in [-0.3, -0.25) is 4.79 Å². The molecular formula is C30H34ClN3O3. The molecule has 0 atom stereocenters. The molecule has 37 heavy (non-hydrogen) atoms. The Kier molecular flexibility index (Phi) is 9.44. The van der Waals surface area contributed by atoms with Gasteiger partial charge in [-0.1, -0.05) is 42.3 Å². The highest BCUT2D eigenvalue weighted by molar-refractivity contribution is 6.30. The van der Waals surface area contributed by atoms with Gasteiger partial charge in [0.25, 0.3) is 5.91 Å². The van der Waals surface area contributed by atoms with Gasteiger partial charge >= 0.3 is 0 Å². The summed E-state index contributed by atoms with van der Waals surface area (Å²) in [5, 5.41) is 3.65. The van der Waals surface area contributed by atoms with Crippen molar-refractivity contribution >= 4 is 28.5 Å². The second-order valence-corrected chi connectivity index (χ2v) is 9.63. The predicted molar refractivity (Wildman–Crippen MR) is 149 cm³/mol. The van der Waals surface area contributed by atoms with Crippen molar-refractivity contribution in [3.63, 3.8) is 0 Å². The topological polar surface area (TPSA) is 65.4 Å². The van der Waals surface area contributed by atoms with Crippen molar-refractivity contribution in [3.05, 3.63) is 88.7 Å². The molecule has 0 radical (unpaired) electrons. The molecule has 1 aromatic heterocycles. The number of nitrogens with one attached hydrogen (secondary N) is 1. The van der Waals surface area contributed by atoms with E-state index in [9.17, 15) is 4.79 Å². The Morgan fingerprint density at radius 3 is 2.62 bits per heavy atom. The van der Waals surface area contributed by atoms with Gasteiger partial charge in [-0.2, -0.15) is 0 Å². The Labute approximate surface area is 223 Å². The molecule has 6 nitrogen and oxygen atoms in total. The number of halogens is 1. The molecule has 194 valence electrons. The number of imidazole rings is 1. The largest absolute Gasteiger partial charge is 0.492 e. The Morgan fingerprint density at radius 2 is 1.78 bits per heavy atom. The number of amides is 1. The van der Waals surface area contributed by atoms with Gasteiger partial charge in [-0.15, -0.1) is 0 Å². The number of aromatic nitrogens is 2. The molecule has 0 spiro atoms. The number of para-hydroxylation sites is 2. The molecular weight excluding hydrogens is 486 g/mol. The summed E-state index contributed by atoms with van der Waals surface area (Å²) in [6, 6.07) is 21.6. The van der Waals surface area contributed by atoms with Crippen LogP contribution in [0.3, 0.4) is 0 Å². The third-order valence-corrected chi connectivity index (χ3v) is 6.48. The van der Waals surface area contributed by atoms with Crippen molar-refractivity contribution in [1.82, 2.24) is 14.9 Å². The van der Waals surface area contributed by atoms with E-state index in [1.807, 2.05) is 74.5 Å². The maximum atomic E-state index is 12.2. The van der Waals surface area contributed by atoms with E-state index in [1.54, 1.807) is 0 Å². The van der Waals surface area contributed by atoms with Crippen LogP contribution < -0.4 is 14.8 Å². The lowest BCUT2D eigenvalue weighted by Crippen LogP contribution is -2.29. The van der Waals surface area contributed by atoms with Crippen molar-refractivity contribution in [1.29, 1.82) is 0 Å². The number of ether oxygens (including phenoxy) is 2. The quantitative estimate of drug-likeness (QED) is 0.211. The molecule has 7 heteroatoms. The van der Waals surface area contributed by atoms with Crippen LogP contribution in [0.4, 0.5) is 0 Å². The normalized spacial score (nSPS) is 11.0. The first-order valence-corrected chi connectivity index (χ1v) is 13.2. The van der Waals surface area contributed by atoms with Crippen LogP contribution in [0.1, 0.15) is 36.2 Å². The average Bonchev–Trinajstić information content (AvgIpc) is 3.25. The van der Waals surface area contributed by atoms with Crippen LogP contribution in [0.5, 0.6) is 11.5 Å². The first kappa shape index (κ1) is 26.6. The molecule has 0 bridgehead atoms. The van der Waals surface area contributed by atoms with E-state index in [0.29, 0.717) is 18.2 Å². The summed E-state index contributed by atoms with van der Waals surface area (Å²) in [4.78, 5) is 17.0. The number of hydrogen-bond acceptors (Lipinski definition) is 4. The summed E-state index contributed by atoms with van der Waals surface area (Å²) in [6.07, 6.45) is 3.78. The number of rotatable bonds is 13. The van der Waals surface area contributed by atoms with Crippen LogP contribution in [0.25, 0.3) is 11.0 Å². The molecule has 0 saturated carbocycles. The summed E-state index contributed by atoms with van der Waals surface area (Å²) >= 11 is 5.96. The highest BCUT2D eigenvalue weighted by atomic mass is 35.5. The molecule has 1 heterocycles. The minimum absolute atomic E-state index is 0.0341. The van der Waals surface area contributed by atoms with Crippen LogP contribution in [0.15, 0.2) is 66.7 Å². The monoisotopic (exact) mass is 519 g/mol. The summed E-state index contributed by atoms with van der Waals surface area (Å²) in [5.41, 5.74) is 4.26. The zero-order chi connectivity index (χ0) is 26.0. The Balaban J connectivity index is 1.20. The van der Waals surface area contributed by atoms with Gasteiger partial charge in [0.05, 0.1) is 17.6 Å². The van der Waals surface area contributed by atoms with Crippen molar-refractivity contribution in [2.45, 2.75) is 46.1 Å². The summed E-state index contributed by atoms with van der Waals surface area (Å²) in [5.74, 6) is 2.53. The summed E-state index contributed by atoms with van der Waals surface area (Å²) in [7, 11) is 0. The molecule has 4 rings (SSSR count). The third kappa shape index (κ3) is 7.73. The summed E-state index contributed by atoms with van der Waals surface area (Å²) < 4.78 is 13.9. The Hall–Kier alpha value is -3.51. The maximum Gasteiger partial charge on any atom is 0.257 e. The molecule has 1 N–H and O–H groups in total. The van der Waals surface area contributed by atoms with Gasteiger partial charge in [0, 0.05) is 18.0 Å². The fourth-order valence-electron chi connectivity index (χ4n) is 4.22. The first-order valence-electron chi connectivity index (χ1n) is 12.8. The lowest BCUT2D eigenvalue weighted by atomic mass is 10.1. The van der Waals surface area contributed by atoms with E-state index in [1.165, 1.54) is 0 Å². The zero-order valence-electron chi connectivity index (χ0n) is 21.5. The van der Waals surface area contributed by atoms with Gasteiger partial charge in [-0.05, 0) is 80.3 Å². The van der Waals surface area contributed by atoms with Crippen LogP contribution >= 0.6 is 11.6 Å². The van der Waals surface area contributed by atoms with E-state index >= 15 is 0 Å². The molecule has 0 aliphatic heterocycles. The predicted octanol–water partition coefficient (Wildman–Crippen LogP) is 6.29. The van der Waals surface area contributed by atoms with Crippen molar-refractivity contribution in [3.8, 4) is 11.5 Å². The fraction of sp³-hybridized carbons (Fsp3) is 0.333. The smallest absolute Gasteiger partial charge is 0.257 e. The second kappa shape index (κ2) is 13.2. The van der Waals surface area contributed by atoms with E-state index in [-0.39, 0.29) is 12.5 Å². The lowest BCUT2D eigenvalue weighted by molar-refractivity contribution is -0.123. The lowest BCUT2D eigenvalue weighted by Gasteiger charge is -2.11. The highest BCUT2D eigenvalue weighted by Gasteiger charge is 2.11. The molecule has 0 aliphatic rings. The Morgan fingerprint density at radius 1 is 0.973 bits per heavy atom. The fourth-order valence-corrected chi connectivity index (χ4v) is 4.35. The SMILES string of the molecule is Cc1ccc(C)c(OCC(=O)NCCCCCc2nc3ccccc3n2CCOc2ccc(Cl)cc2)c1. The van der Waals surface area contributed by atoms with Crippen molar-refractivity contribution < 1.29 is 14.3 Å². The van der Waals surface area contributed by atoms with E-state index in [4.69, 9.17) is 26.1 Å². The molecule has 0 saturated heterocycles. The number of unbranched alkanes of at least 4 members (excludes halogenated alkanes) is 2. The maximum absolute atomic E-state index is 12.2. The molecule has 0 unspecified atom stereocenters. The van der Waals surface area contributed by atoms with Gasteiger partial charge < -0.3 is 19.4 Å². The first-order chi connectivity index (χ1) is 18.0. The number of fused-ring (bicyclic) bond motifs is 1. The Bertz CT molecular complexity index is 1320. The zero-order valence-corrected chi connectivity index (χ0v) is 22.3. The van der Waals surface area contributed by atoms with Crippen LogP contribution in [-0.2, 0) is 17.8 Å². The van der Waals surface area contributed by atoms with Gasteiger partial charge in [-0.25, -0.2) is 4.98 Å².